The third-order valence-corrected chi connectivity index (χ3v) is 5.35. The number of hydrogen-bond donors (Lipinski definition) is 1. The van der Waals surface area contributed by atoms with Crippen molar-refractivity contribution in [2.24, 2.45) is 11.3 Å². The van der Waals surface area contributed by atoms with Crippen LogP contribution in [0.5, 0.6) is 0 Å². The van der Waals surface area contributed by atoms with Gasteiger partial charge in [0.25, 0.3) is 0 Å². The van der Waals surface area contributed by atoms with Gasteiger partial charge < -0.3 is 10.0 Å². The van der Waals surface area contributed by atoms with Crippen LogP contribution in [-0.2, 0) is 9.59 Å². The number of carbonyl (C=O) groups is 2. The predicted molar refractivity (Wildman–Crippen MR) is 84.7 cm³/mol. The Morgan fingerprint density at radius 3 is 2.67 bits per heavy atom. The van der Waals surface area contributed by atoms with E-state index in [1.54, 1.807) is 23.6 Å². The fourth-order valence-electron chi connectivity index (χ4n) is 2.36. The Bertz CT molecular complexity index is 558. The van der Waals surface area contributed by atoms with Crippen molar-refractivity contribution in [3.8, 4) is 0 Å². The second kappa shape index (κ2) is 6.10. The summed E-state index contributed by atoms with van der Waals surface area (Å²) in [6, 6.07) is 7.78. The van der Waals surface area contributed by atoms with Crippen molar-refractivity contribution in [1.82, 2.24) is 0 Å². The second-order valence-electron chi connectivity index (χ2n) is 5.92. The summed E-state index contributed by atoms with van der Waals surface area (Å²) in [5.74, 6) is -0.283. The number of carboxylic acids is 1. The first-order valence-electron chi connectivity index (χ1n) is 7.12. The van der Waals surface area contributed by atoms with Gasteiger partial charge in [0.1, 0.15) is 0 Å². The number of aliphatic carboxylic acids is 1. The van der Waals surface area contributed by atoms with Gasteiger partial charge in [-0.2, -0.15) is 0 Å². The zero-order valence-corrected chi connectivity index (χ0v) is 13.4. The number of thioether (sulfide) groups is 1. The zero-order chi connectivity index (χ0) is 15.6. The van der Waals surface area contributed by atoms with E-state index in [0.717, 1.165) is 16.3 Å². The van der Waals surface area contributed by atoms with E-state index in [1.807, 2.05) is 38.1 Å². The van der Waals surface area contributed by atoms with E-state index in [2.05, 4.69) is 0 Å². The van der Waals surface area contributed by atoms with E-state index in [9.17, 15) is 14.7 Å². The van der Waals surface area contributed by atoms with E-state index in [1.165, 1.54) is 0 Å². The number of anilines is 1. The van der Waals surface area contributed by atoms with Crippen LogP contribution in [-0.4, -0.2) is 29.3 Å². The van der Waals surface area contributed by atoms with Gasteiger partial charge in [0, 0.05) is 23.6 Å². The Morgan fingerprint density at radius 2 is 2.05 bits per heavy atom. The Kier molecular flexibility index (Phi) is 4.61. The fraction of sp³-hybridized carbons (Fsp3) is 0.500. The molecule has 0 fully saturated rings. The molecular weight excluding hydrogens is 286 g/mol. The van der Waals surface area contributed by atoms with Crippen LogP contribution in [0.1, 0.15) is 27.2 Å². The minimum absolute atomic E-state index is 0.0268. The average molecular weight is 307 g/mol. The van der Waals surface area contributed by atoms with E-state index in [0.29, 0.717) is 6.54 Å². The fourth-order valence-corrected chi connectivity index (χ4v) is 3.36. The SMILES string of the molecule is CC(C)C(C)(CC(=O)N1CCSc2ccccc21)C(=O)O. The quantitative estimate of drug-likeness (QED) is 0.927. The van der Waals surface area contributed by atoms with Gasteiger partial charge in [-0.3, -0.25) is 9.59 Å². The minimum atomic E-state index is -1.03. The molecule has 1 aromatic carbocycles. The maximum absolute atomic E-state index is 12.6. The minimum Gasteiger partial charge on any atom is -0.481 e. The molecule has 0 saturated heterocycles. The molecule has 1 atom stereocenters. The van der Waals surface area contributed by atoms with Crippen LogP contribution in [0.4, 0.5) is 5.69 Å². The number of carboxylic acid groups (broad SMARTS) is 1. The summed E-state index contributed by atoms with van der Waals surface area (Å²) in [4.78, 5) is 27.0. The van der Waals surface area contributed by atoms with Crippen molar-refractivity contribution < 1.29 is 14.7 Å². The molecular formula is C16H21NO3S. The lowest BCUT2D eigenvalue weighted by atomic mass is 9.76. The van der Waals surface area contributed by atoms with Crippen LogP contribution >= 0.6 is 11.8 Å². The first-order chi connectivity index (χ1) is 9.86. The number of nitrogens with zero attached hydrogens (tertiary/aromatic N) is 1. The summed E-state index contributed by atoms with van der Waals surface area (Å²) in [5, 5.41) is 9.47. The Morgan fingerprint density at radius 1 is 1.38 bits per heavy atom. The van der Waals surface area contributed by atoms with E-state index in [4.69, 9.17) is 0 Å². The van der Waals surface area contributed by atoms with Crippen LogP contribution in [0.3, 0.4) is 0 Å². The number of carbonyl (C=O) groups excluding carboxylic acids is 1. The van der Waals surface area contributed by atoms with Gasteiger partial charge in [-0.05, 0) is 25.0 Å². The highest BCUT2D eigenvalue weighted by atomic mass is 32.2. The van der Waals surface area contributed by atoms with E-state index < -0.39 is 11.4 Å². The molecule has 0 saturated carbocycles. The highest BCUT2D eigenvalue weighted by Crippen LogP contribution is 2.37. The summed E-state index contributed by atoms with van der Waals surface area (Å²) in [6.45, 7) is 5.99. The van der Waals surface area contributed by atoms with Crippen molar-refractivity contribution in [2.45, 2.75) is 32.1 Å². The highest BCUT2D eigenvalue weighted by Gasteiger charge is 2.40. The molecule has 1 N–H and O–H groups in total. The Hall–Kier alpha value is -1.49. The molecule has 2 rings (SSSR count). The van der Waals surface area contributed by atoms with Crippen LogP contribution in [0.15, 0.2) is 29.2 Å². The average Bonchev–Trinajstić information content (AvgIpc) is 2.46. The lowest BCUT2D eigenvalue weighted by molar-refractivity contribution is -0.153. The van der Waals surface area contributed by atoms with E-state index >= 15 is 0 Å². The maximum Gasteiger partial charge on any atom is 0.310 e. The van der Waals surface area contributed by atoms with Crippen LogP contribution in [0.2, 0.25) is 0 Å². The number of amides is 1. The maximum atomic E-state index is 12.6. The lowest BCUT2D eigenvalue weighted by Gasteiger charge is -2.34. The molecule has 1 aliphatic heterocycles. The van der Waals surface area contributed by atoms with Gasteiger partial charge in [-0.1, -0.05) is 26.0 Å². The Labute approximate surface area is 129 Å². The van der Waals surface area contributed by atoms with Crippen molar-refractivity contribution in [2.75, 3.05) is 17.2 Å². The number of fused-ring (bicyclic) bond motifs is 1. The second-order valence-corrected chi connectivity index (χ2v) is 7.05. The molecule has 1 aromatic rings. The molecule has 21 heavy (non-hydrogen) atoms. The largest absolute Gasteiger partial charge is 0.481 e. The number of para-hydroxylation sites is 1. The summed E-state index contributed by atoms with van der Waals surface area (Å²) in [6.07, 6.45) is 0.0268. The van der Waals surface area contributed by atoms with E-state index in [-0.39, 0.29) is 18.2 Å². The smallest absolute Gasteiger partial charge is 0.310 e. The van der Waals surface area contributed by atoms with Crippen molar-refractivity contribution in [1.29, 1.82) is 0 Å². The molecule has 114 valence electrons. The topological polar surface area (TPSA) is 57.6 Å². The van der Waals surface area contributed by atoms with Gasteiger partial charge in [0.05, 0.1) is 11.1 Å². The summed E-state index contributed by atoms with van der Waals surface area (Å²) < 4.78 is 0. The molecule has 0 spiro atoms. The molecule has 0 aliphatic carbocycles. The van der Waals surface area contributed by atoms with Gasteiger partial charge in [0.2, 0.25) is 5.91 Å². The third kappa shape index (κ3) is 3.07. The first-order valence-corrected chi connectivity index (χ1v) is 8.10. The van der Waals surface area contributed by atoms with Gasteiger partial charge in [-0.25, -0.2) is 0 Å². The van der Waals surface area contributed by atoms with Crippen LogP contribution in [0, 0.1) is 11.3 Å². The molecule has 0 radical (unpaired) electrons. The molecule has 5 heteroatoms. The predicted octanol–water partition coefficient (Wildman–Crippen LogP) is 3.26. The lowest BCUT2D eigenvalue weighted by Crippen LogP contribution is -2.42. The van der Waals surface area contributed by atoms with Crippen LogP contribution in [0.25, 0.3) is 0 Å². The monoisotopic (exact) mass is 307 g/mol. The van der Waals surface area contributed by atoms with Gasteiger partial charge in [0.15, 0.2) is 0 Å². The molecule has 0 aromatic heterocycles. The third-order valence-electron chi connectivity index (χ3n) is 4.31. The number of hydrogen-bond acceptors (Lipinski definition) is 3. The standard InChI is InChI=1S/C16H21NO3S/c1-11(2)16(3,15(19)20)10-14(18)17-8-9-21-13-7-5-4-6-12(13)17/h4-7,11H,8-10H2,1-3H3,(H,19,20). The normalized spacial score (nSPS) is 17.2. The first kappa shape index (κ1) is 15.9. The van der Waals surface area contributed by atoms with Crippen molar-refractivity contribution in [3.05, 3.63) is 24.3 Å². The van der Waals surface area contributed by atoms with Crippen molar-refractivity contribution >= 4 is 29.3 Å². The zero-order valence-electron chi connectivity index (χ0n) is 12.6. The van der Waals surface area contributed by atoms with Crippen LogP contribution < -0.4 is 4.90 Å². The van der Waals surface area contributed by atoms with Gasteiger partial charge >= 0.3 is 5.97 Å². The highest BCUT2D eigenvalue weighted by molar-refractivity contribution is 7.99. The Balaban J connectivity index is 2.24. The number of benzene rings is 1. The molecule has 0 bridgehead atoms. The summed E-state index contributed by atoms with van der Waals surface area (Å²) in [7, 11) is 0. The summed E-state index contributed by atoms with van der Waals surface area (Å²) in [5.41, 5.74) is -0.133. The van der Waals surface area contributed by atoms with Gasteiger partial charge in [-0.15, -0.1) is 11.8 Å². The number of rotatable bonds is 4. The molecule has 1 heterocycles. The van der Waals surface area contributed by atoms with Crippen molar-refractivity contribution in [3.63, 3.8) is 0 Å². The molecule has 1 aliphatic rings. The summed E-state index contributed by atoms with van der Waals surface area (Å²) >= 11 is 1.73. The molecule has 1 amide bonds. The molecule has 4 nitrogen and oxygen atoms in total. The molecule has 1 unspecified atom stereocenters.